The standard InChI is InChI=1S/C15H15Br2N/c1-10-4-3-5-11(8-10)15(18-2)13-9-12(16)6-7-14(13)17/h3-9,15,18H,1-2H3. The molecule has 0 amide bonds. The fourth-order valence-corrected chi connectivity index (χ4v) is 2.94. The van der Waals surface area contributed by atoms with E-state index in [0.29, 0.717) is 0 Å². The Morgan fingerprint density at radius 3 is 2.50 bits per heavy atom. The van der Waals surface area contributed by atoms with Gasteiger partial charge in [-0.2, -0.15) is 0 Å². The molecule has 1 nitrogen and oxygen atoms in total. The Bertz CT molecular complexity index is 552. The minimum Gasteiger partial charge on any atom is -0.309 e. The fraction of sp³-hybridized carbons (Fsp3) is 0.200. The van der Waals surface area contributed by atoms with Gasteiger partial charge in [0.05, 0.1) is 6.04 Å². The molecule has 1 atom stereocenters. The minimum absolute atomic E-state index is 0.191. The molecule has 0 aromatic heterocycles. The zero-order valence-corrected chi connectivity index (χ0v) is 13.5. The molecule has 2 aromatic carbocycles. The number of nitrogens with one attached hydrogen (secondary N) is 1. The molecule has 0 heterocycles. The molecular formula is C15H15Br2N. The predicted molar refractivity (Wildman–Crippen MR) is 83.9 cm³/mol. The van der Waals surface area contributed by atoms with Gasteiger partial charge in [-0.3, -0.25) is 0 Å². The van der Waals surface area contributed by atoms with Crippen molar-refractivity contribution in [2.75, 3.05) is 7.05 Å². The lowest BCUT2D eigenvalue weighted by molar-refractivity contribution is 0.688. The van der Waals surface area contributed by atoms with Crippen molar-refractivity contribution in [3.63, 3.8) is 0 Å². The molecular weight excluding hydrogens is 354 g/mol. The van der Waals surface area contributed by atoms with Crippen molar-refractivity contribution in [3.05, 3.63) is 68.1 Å². The van der Waals surface area contributed by atoms with Crippen LogP contribution in [0.3, 0.4) is 0 Å². The number of benzene rings is 2. The molecule has 0 fully saturated rings. The summed E-state index contributed by atoms with van der Waals surface area (Å²) in [5, 5.41) is 3.38. The van der Waals surface area contributed by atoms with Crippen LogP contribution >= 0.6 is 31.9 Å². The third kappa shape index (κ3) is 3.02. The van der Waals surface area contributed by atoms with Gasteiger partial charge in [-0.25, -0.2) is 0 Å². The van der Waals surface area contributed by atoms with Crippen LogP contribution in [0.25, 0.3) is 0 Å². The van der Waals surface area contributed by atoms with Crippen LogP contribution < -0.4 is 5.32 Å². The average Bonchev–Trinajstić information content (AvgIpc) is 2.35. The van der Waals surface area contributed by atoms with Gasteiger partial charge in [0.1, 0.15) is 0 Å². The SMILES string of the molecule is CNC(c1cccc(C)c1)c1cc(Br)ccc1Br. The quantitative estimate of drug-likeness (QED) is 0.818. The summed E-state index contributed by atoms with van der Waals surface area (Å²) in [7, 11) is 1.99. The van der Waals surface area contributed by atoms with Gasteiger partial charge in [0.25, 0.3) is 0 Å². The van der Waals surface area contributed by atoms with Crippen LogP contribution in [0, 0.1) is 6.92 Å². The third-order valence-electron chi connectivity index (χ3n) is 2.93. The van der Waals surface area contributed by atoms with Crippen LogP contribution in [0.4, 0.5) is 0 Å². The van der Waals surface area contributed by atoms with E-state index in [1.807, 2.05) is 13.1 Å². The van der Waals surface area contributed by atoms with Crippen molar-refractivity contribution >= 4 is 31.9 Å². The predicted octanol–water partition coefficient (Wildman–Crippen LogP) is 4.83. The normalized spacial score (nSPS) is 12.4. The van der Waals surface area contributed by atoms with Crippen LogP contribution in [0.1, 0.15) is 22.7 Å². The van der Waals surface area contributed by atoms with Gasteiger partial charge in [0.15, 0.2) is 0 Å². The van der Waals surface area contributed by atoms with E-state index in [2.05, 4.69) is 80.5 Å². The van der Waals surface area contributed by atoms with Crippen molar-refractivity contribution in [1.29, 1.82) is 0 Å². The Hall–Kier alpha value is -0.640. The lowest BCUT2D eigenvalue weighted by atomic mass is 9.97. The maximum absolute atomic E-state index is 3.63. The Morgan fingerprint density at radius 1 is 1.06 bits per heavy atom. The molecule has 0 saturated heterocycles. The van der Waals surface area contributed by atoms with Gasteiger partial charge in [0, 0.05) is 8.95 Å². The van der Waals surface area contributed by atoms with Crippen LogP contribution in [-0.2, 0) is 0 Å². The first-order valence-corrected chi connectivity index (χ1v) is 7.39. The highest BCUT2D eigenvalue weighted by Crippen LogP contribution is 2.31. The molecule has 18 heavy (non-hydrogen) atoms. The molecule has 0 aliphatic heterocycles. The fourth-order valence-electron chi connectivity index (χ4n) is 2.09. The highest BCUT2D eigenvalue weighted by molar-refractivity contribution is 9.11. The second-order valence-corrected chi connectivity index (χ2v) is 6.07. The van der Waals surface area contributed by atoms with Crippen LogP contribution in [-0.4, -0.2) is 7.05 Å². The zero-order valence-electron chi connectivity index (χ0n) is 10.4. The molecule has 3 heteroatoms. The summed E-state index contributed by atoms with van der Waals surface area (Å²) in [6.45, 7) is 2.12. The first-order chi connectivity index (χ1) is 8.61. The van der Waals surface area contributed by atoms with Gasteiger partial charge in [-0.1, -0.05) is 61.7 Å². The molecule has 2 aromatic rings. The average molecular weight is 369 g/mol. The van der Waals surface area contributed by atoms with E-state index in [-0.39, 0.29) is 6.04 Å². The van der Waals surface area contributed by atoms with Crippen molar-refractivity contribution in [3.8, 4) is 0 Å². The first kappa shape index (κ1) is 13.8. The number of halogens is 2. The Kier molecular flexibility index (Phi) is 4.60. The highest BCUT2D eigenvalue weighted by Gasteiger charge is 2.15. The summed E-state index contributed by atoms with van der Waals surface area (Å²) < 4.78 is 2.21. The first-order valence-electron chi connectivity index (χ1n) is 5.80. The Morgan fingerprint density at radius 2 is 1.83 bits per heavy atom. The van der Waals surface area contributed by atoms with Crippen molar-refractivity contribution in [1.82, 2.24) is 5.32 Å². The molecule has 0 bridgehead atoms. The van der Waals surface area contributed by atoms with Gasteiger partial charge < -0.3 is 5.32 Å². The van der Waals surface area contributed by atoms with Crippen molar-refractivity contribution < 1.29 is 0 Å². The molecule has 94 valence electrons. The second-order valence-electron chi connectivity index (χ2n) is 4.30. The molecule has 0 saturated carbocycles. The molecule has 1 N–H and O–H groups in total. The number of hydrogen-bond donors (Lipinski definition) is 1. The Balaban J connectivity index is 2.48. The van der Waals surface area contributed by atoms with Crippen molar-refractivity contribution in [2.45, 2.75) is 13.0 Å². The molecule has 0 aliphatic rings. The van der Waals surface area contributed by atoms with Gasteiger partial charge >= 0.3 is 0 Å². The number of hydrogen-bond acceptors (Lipinski definition) is 1. The van der Waals surface area contributed by atoms with E-state index in [1.54, 1.807) is 0 Å². The molecule has 0 aliphatic carbocycles. The molecule has 0 radical (unpaired) electrons. The largest absolute Gasteiger partial charge is 0.309 e. The monoisotopic (exact) mass is 367 g/mol. The minimum atomic E-state index is 0.191. The van der Waals surface area contributed by atoms with E-state index in [9.17, 15) is 0 Å². The highest BCUT2D eigenvalue weighted by atomic mass is 79.9. The molecule has 0 spiro atoms. The number of rotatable bonds is 3. The Labute approximate surface area is 125 Å². The summed E-state index contributed by atoms with van der Waals surface area (Å²) in [5.74, 6) is 0. The van der Waals surface area contributed by atoms with Crippen molar-refractivity contribution in [2.24, 2.45) is 0 Å². The summed E-state index contributed by atoms with van der Waals surface area (Å²) >= 11 is 7.16. The topological polar surface area (TPSA) is 12.0 Å². The number of aryl methyl sites for hydroxylation is 1. The van der Waals surface area contributed by atoms with E-state index in [1.165, 1.54) is 16.7 Å². The van der Waals surface area contributed by atoms with Gasteiger partial charge in [-0.15, -0.1) is 0 Å². The lowest BCUT2D eigenvalue weighted by Crippen LogP contribution is -2.18. The lowest BCUT2D eigenvalue weighted by Gasteiger charge is -2.19. The summed E-state index contributed by atoms with van der Waals surface area (Å²) in [6, 6.07) is 15.0. The second kappa shape index (κ2) is 6.00. The van der Waals surface area contributed by atoms with Gasteiger partial charge in [0.2, 0.25) is 0 Å². The summed E-state index contributed by atoms with van der Waals surface area (Å²) in [4.78, 5) is 0. The summed E-state index contributed by atoms with van der Waals surface area (Å²) in [5.41, 5.74) is 3.78. The molecule has 1 unspecified atom stereocenters. The van der Waals surface area contributed by atoms with E-state index in [0.717, 1.165) is 8.95 Å². The zero-order chi connectivity index (χ0) is 13.1. The third-order valence-corrected chi connectivity index (χ3v) is 4.15. The maximum Gasteiger partial charge on any atom is 0.0585 e. The van der Waals surface area contributed by atoms with Crippen LogP contribution in [0.15, 0.2) is 51.4 Å². The van der Waals surface area contributed by atoms with E-state index >= 15 is 0 Å². The molecule has 2 rings (SSSR count). The van der Waals surface area contributed by atoms with Gasteiger partial charge in [-0.05, 0) is 43.3 Å². The summed E-state index contributed by atoms with van der Waals surface area (Å²) in [6.07, 6.45) is 0. The van der Waals surface area contributed by atoms with E-state index < -0.39 is 0 Å². The smallest absolute Gasteiger partial charge is 0.0585 e. The van der Waals surface area contributed by atoms with Crippen LogP contribution in [0.5, 0.6) is 0 Å². The maximum atomic E-state index is 3.63. The van der Waals surface area contributed by atoms with E-state index in [4.69, 9.17) is 0 Å². The van der Waals surface area contributed by atoms with Crippen LogP contribution in [0.2, 0.25) is 0 Å².